The Morgan fingerprint density at radius 2 is 2.15 bits per heavy atom. The van der Waals surface area contributed by atoms with E-state index in [0.717, 1.165) is 0 Å². The third-order valence-corrected chi connectivity index (χ3v) is 1.85. The van der Waals surface area contributed by atoms with Gasteiger partial charge < -0.3 is 0 Å². The molecular weight excluding hydrogens is 209 g/mol. The summed E-state index contributed by atoms with van der Waals surface area (Å²) in [5, 5.41) is 0.634. The summed E-state index contributed by atoms with van der Waals surface area (Å²) in [6.45, 7) is 1.47. The zero-order chi connectivity index (χ0) is 9.84. The maximum absolute atomic E-state index is 10.6. The molecular formula is C9H7Cl2NO. The largest absolute Gasteiger partial charge is 0.295 e. The molecule has 1 aromatic heterocycles. The monoisotopic (exact) mass is 215 g/mol. The number of rotatable bonds is 2. The highest BCUT2D eigenvalue weighted by molar-refractivity contribution is 6.33. The fraction of sp³-hybridized carbons (Fsp3) is 0.111. The lowest BCUT2D eigenvalue weighted by Crippen LogP contribution is -1.84. The quantitative estimate of drug-likeness (QED) is 0.561. The first-order valence-electron chi connectivity index (χ1n) is 3.60. The van der Waals surface area contributed by atoms with Crippen molar-refractivity contribution in [2.24, 2.45) is 0 Å². The van der Waals surface area contributed by atoms with E-state index in [1.165, 1.54) is 13.0 Å². The van der Waals surface area contributed by atoms with Crippen LogP contribution < -0.4 is 0 Å². The molecule has 0 saturated carbocycles. The van der Waals surface area contributed by atoms with E-state index >= 15 is 0 Å². The van der Waals surface area contributed by atoms with Gasteiger partial charge in [-0.2, -0.15) is 0 Å². The fourth-order valence-corrected chi connectivity index (χ4v) is 1.16. The molecule has 1 rings (SSSR count). The van der Waals surface area contributed by atoms with Crippen molar-refractivity contribution in [3.8, 4) is 0 Å². The van der Waals surface area contributed by atoms with E-state index in [0.29, 0.717) is 15.9 Å². The standard InChI is InChI=1S/C9H7Cl2NO/c1-6(13)2-3-7-4-5-8(10)12-9(7)11/h2-5H,1H3. The lowest BCUT2D eigenvalue weighted by molar-refractivity contribution is -0.112. The van der Waals surface area contributed by atoms with Gasteiger partial charge in [0.15, 0.2) is 5.78 Å². The van der Waals surface area contributed by atoms with Crippen LogP contribution in [-0.2, 0) is 4.79 Å². The third-order valence-electron chi connectivity index (χ3n) is 1.34. The second-order valence-corrected chi connectivity index (χ2v) is 3.20. The van der Waals surface area contributed by atoms with Crippen molar-refractivity contribution in [3.05, 3.63) is 34.1 Å². The van der Waals surface area contributed by atoms with Crippen LogP contribution >= 0.6 is 23.2 Å². The lowest BCUT2D eigenvalue weighted by Gasteiger charge is -1.96. The van der Waals surface area contributed by atoms with Crippen molar-refractivity contribution in [1.29, 1.82) is 0 Å². The highest BCUT2D eigenvalue weighted by Gasteiger charge is 1.98. The molecule has 0 spiro atoms. The predicted octanol–water partition coefficient (Wildman–Crippen LogP) is 2.99. The summed E-state index contributed by atoms with van der Waals surface area (Å²) in [7, 11) is 0. The summed E-state index contributed by atoms with van der Waals surface area (Å²) < 4.78 is 0. The van der Waals surface area contributed by atoms with E-state index in [1.54, 1.807) is 18.2 Å². The fourth-order valence-electron chi connectivity index (χ4n) is 0.754. The highest BCUT2D eigenvalue weighted by Crippen LogP contribution is 2.17. The van der Waals surface area contributed by atoms with Crippen LogP contribution in [0.5, 0.6) is 0 Å². The smallest absolute Gasteiger partial charge is 0.152 e. The van der Waals surface area contributed by atoms with E-state index in [2.05, 4.69) is 4.98 Å². The molecule has 0 aliphatic rings. The van der Waals surface area contributed by atoms with Crippen LogP contribution in [0.4, 0.5) is 0 Å². The van der Waals surface area contributed by atoms with Crippen LogP contribution in [0.15, 0.2) is 18.2 Å². The highest BCUT2D eigenvalue weighted by atomic mass is 35.5. The molecule has 0 saturated heterocycles. The Kier molecular flexibility index (Phi) is 3.46. The van der Waals surface area contributed by atoms with E-state index in [1.807, 2.05) is 0 Å². The Balaban J connectivity index is 2.96. The van der Waals surface area contributed by atoms with Gasteiger partial charge >= 0.3 is 0 Å². The minimum absolute atomic E-state index is 0.0361. The van der Waals surface area contributed by atoms with E-state index in [9.17, 15) is 4.79 Å². The van der Waals surface area contributed by atoms with Gasteiger partial charge in [0, 0.05) is 5.56 Å². The minimum atomic E-state index is -0.0361. The van der Waals surface area contributed by atoms with Gasteiger partial charge in [-0.25, -0.2) is 4.98 Å². The summed E-state index contributed by atoms with van der Waals surface area (Å²) in [4.78, 5) is 14.4. The number of hydrogen-bond acceptors (Lipinski definition) is 2. The number of nitrogens with zero attached hydrogens (tertiary/aromatic N) is 1. The van der Waals surface area contributed by atoms with E-state index in [-0.39, 0.29) is 5.78 Å². The first kappa shape index (κ1) is 10.2. The van der Waals surface area contributed by atoms with Gasteiger partial charge in [-0.05, 0) is 31.2 Å². The van der Waals surface area contributed by atoms with E-state index < -0.39 is 0 Å². The Hall–Kier alpha value is -0.860. The Bertz CT molecular complexity index is 361. The number of halogens is 2. The minimum Gasteiger partial charge on any atom is -0.295 e. The molecule has 0 aliphatic carbocycles. The van der Waals surface area contributed by atoms with Crippen LogP contribution in [0.1, 0.15) is 12.5 Å². The summed E-state index contributed by atoms with van der Waals surface area (Å²) >= 11 is 11.3. The average molecular weight is 216 g/mol. The van der Waals surface area contributed by atoms with Crippen LogP contribution in [0.25, 0.3) is 6.08 Å². The third kappa shape index (κ3) is 3.17. The summed E-state index contributed by atoms with van der Waals surface area (Å²) in [5.41, 5.74) is 0.682. The molecule has 0 atom stereocenters. The second-order valence-electron chi connectivity index (χ2n) is 2.46. The normalized spacial score (nSPS) is 10.7. The molecule has 0 unspecified atom stereocenters. The van der Waals surface area contributed by atoms with Crippen molar-refractivity contribution in [2.45, 2.75) is 6.92 Å². The molecule has 1 aromatic rings. The molecule has 0 bridgehead atoms. The first-order chi connectivity index (χ1) is 6.09. The van der Waals surface area contributed by atoms with Crippen LogP contribution in [-0.4, -0.2) is 10.8 Å². The molecule has 0 aromatic carbocycles. The second kappa shape index (κ2) is 4.40. The van der Waals surface area contributed by atoms with Gasteiger partial charge in [0.1, 0.15) is 10.3 Å². The number of allylic oxidation sites excluding steroid dienone is 1. The van der Waals surface area contributed by atoms with Crippen molar-refractivity contribution >= 4 is 35.1 Å². The Morgan fingerprint density at radius 3 is 2.69 bits per heavy atom. The van der Waals surface area contributed by atoms with Crippen LogP contribution in [0, 0.1) is 0 Å². The molecule has 68 valence electrons. The van der Waals surface area contributed by atoms with E-state index in [4.69, 9.17) is 23.2 Å². The maximum atomic E-state index is 10.6. The predicted molar refractivity (Wildman–Crippen MR) is 54.0 cm³/mol. The molecule has 0 aliphatic heterocycles. The lowest BCUT2D eigenvalue weighted by atomic mass is 10.2. The molecule has 0 N–H and O–H groups in total. The van der Waals surface area contributed by atoms with Crippen molar-refractivity contribution in [1.82, 2.24) is 4.98 Å². The zero-order valence-electron chi connectivity index (χ0n) is 6.92. The summed E-state index contributed by atoms with van der Waals surface area (Å²) in [6.07, 6.45) is 3.03. The number of pyridine rings is 1. The summed E-state index contributed by atoms with van der Waals surface area (Å²) in [6, 6.07) is 3.32. The van der Waals surface area contributed by atoms with Crippen LogP contribution in [0.3, 0.4) is 0 Å². The maximum Gasteiger partial charge on any atom is 0.152 e. The molecule has 13 heavy (non-hydrogen) atoms. The topological polar surface area (TPSA) is 30.0 Å². The molecule has 4 heteroatoms. The molecule has 1 heterocycles. The van der Waals surface area contributed by atoms with Gasteiger partial charge in [-0.3, -0.25) is 4.79 Å². The van der Waals surface area contributed by atoms with Crippen molar-refractivity contribution in [2.75, 3.05) is 0 Å². The van der Waals surface area contributed by atoms with Crippen molar-refractivity contribution in [3.63, 3.8) is 0 Å². The summed E-state index contributed by atoms with van der Waals surface area (Å²) in [5.74, 6) is -0.0361. The number of aromatic nitrogens is 1. The van der Waals surface area contributed by atoms with Crippen molar-refractivity contribution < 1.29 is 4.79 Å². The average Bonchev–Trinajstić information content (AvgIpc) is 2.02. The van der Waals surface area contributed by atoms with Gasteiger partial charge in [0.25, 0.3) is 0 Å². The van der Waals surface area contributed by atoms with Gasteiger partial charge in [0.05, 0.1) is 0 Å². The first-order valence-corrected chi connectivity index (χ1v) is 4.36. The Morgan fingerprint density at radius 1 is 1.46 bits per heavy atom. The number of ketones is 1. The molecule has 0 radical (unpaired) electrons. The molecule has 2 nitrogen and oxygen atoms in total. The number of carbonyl (C=O) groups excluding carboxylic acids is 1. The van der Waals surface area contributed by atoms with Gasteiger partial charge in [-0.1, -0.05) is 23.2 Å². The molecule has 0 fully saturated rings. The van der Waals surface area contributed by atoms with Gasteiger partial charge in [0.2, 0.25) is 0 Å². The van der Waals surface area contributed by atoms with Gasteiger partial charge in [-0.15, -0.1) is 0 Å². The molecule has 0 amide bonds. The Labute approximate surface area is 86.2 Å². The zero-order valence-corrected chi connectivity index (χ0v) is 8.43. The number of carbonyl (C=O) groups is 1. The number of hydrogen-bond donors (Lipinski definition) is 0. The SMILES string of the molecule is CC(=O)C=Cc1ccc(Cl)nc1Cl. The van der Waals surface area contributed by atoms with Crippen LogP contribution in [0.2, 0.25) is 10.3 Å².